The zero-order valence-electron chi connectivity index (χ0n) is 20.2. The Kier molecular flexibility index (Phi) is 11.5. The fourth-order valence-electron chi connectivity index (χ4n) is 3.39. The lowest BCUT2D eigenvalue weighted by atomic mass is 9.94. The lowest BCUT2D eigenvalue weighted by molar-refractivity contribution is -0.132. The van der Waals surface area contributed by atoms with E-state index in [0.29, 0.717) is 17.5 Å². The van der Waals surface area contributed by atoms with Gasteiger partial charge in [-0.05, 0) is 64.5 Å². The Morgan fingerprint density at radius 3 is 2.16 bits per heavy atom. The van der Waals surface area contributed by atoms with Crippen LogP contribution < -0.4 is 9.47 Å². The second-order valence-electron chi connectivity index (χ2n) is 8.24. The van der Waals surface area contributed by atoms with Crippen LogP contribution in [0.2, 0.25) is 0 Å². The third-order valence-electron chi connectivity index (χ3n) is 4.93. The van der Waals surface area contributed by atoms with Crippen molar-refractivity contribution in [3.8, 4) is 11.5 Å². The van der Waals surface area contributed by atoms with Gasteiger partial charge >= 0.3 is 17.9 Å². The Balaban J connectivity index is 3.55. The molecule has 0 saturated carbocycles. The zero-order chi connectivity index (χ0) is 24.3. The van der Waals surface area contributed by atoms with Crippen LogP contribution >= 0.6 is 0 Å². The summed E-state index contributed by atoms with van der Waals surface area (Å²) in [6, 6.07) is 1.61. The number of carbonyl (C=O) groups excluding carboxylic acids is 2. The third kappa shape index (κ3) is 9.08. The molecule has 6 heteroatoms. The van der Waals surface area contributed by atoms with Crippen molar-refractivity contribution in [1.29, 1.82) is 0 Å². The van der Waals surface area contributed by atoms with Gasteiger partial charge in [-0.1, -0.05) is 43.1 Å². The van der Waals surface area contributed by atoms with E-state index in [1.807, 2.05) is 26.8 Å². The van der Waals surface area contributed by atoms with Crippen LogP contribution in [0.15, 0.2) is 29.4 Å². The number of rotatable bonds is 12. The van der Waals surface area contributed by atoms with E-state index in [2.05, 4.69) is 13.0 Å². The van der Waals surface area contributed by atoms with Crippen molar-refractivity contribution in [2.45, 2.75) is 86.5 Å². The molecule has 1 aromatic rings. The highest BCUT2D eigenvalue weighted by atomic mass is 16.5. The quantitative estimate of drug-likeness (QED) is 0.179. The summed E-state index contributed by atoms with van der Waals surface area (Å²) < 4.78 is 10.8. The van der Waals surface area contributed by atoms with Crippen LogP contribution in [0.3, 0.4) is 0 Å². The van der Waals surface area contributed by atoms with Gasteiger partial charge in [-0.15, -0.1) is 0 Å². The average molecular weight is 445 g/mol. The smallest absolute Gasteiger partial charge is 0.339 e. The molecule has 0 amide bonds. The van der Waals surface area contributed by atoms with Gasteiger partial charge in [0, 0.05) is 19.4 Å². The molecule has 0 heterocycles. The SMILES string of the molecule is CCCCCc1cc(OC(C)=O)c(C/C=C(\C)CCC=C(C)C)c(OC(C)=O)c1C(=O)O. The van der Waals surface area contributed by atoms with Gasteiger partial charge in [0.05, 0.1) is 0 Å². The van der Waals surface area contributed by atoms with E-state index in [1.165, 1.54) is 19.4 Å². The molecular weight excluding hydrogens is 408 g/mol. The highest BCUT2D eigenvalue weighted by Crippen LogP contribution is 2.37. The molecule has 0 fully saturated rings. The van der Waals surface area contributed by atoms with E-state index in [9.17, 15) is 19.5 Å². The fraction of sp³-hybridized carbons (Fsp3) is 0.500. The summed E-state index contributed by atoms with van der Waals surface area (Å²) >= 11 is 0. The number of aryl methyl sites for hydroxylation is 1. The molecule has 0 aliphatic heterocycles. The summed E-state index contributed by atoms with van der Waals surface area (Å²) in [5, 5.41) is 9.94. The minimum absolute atomic E-state index is 0.0383. The van der Waals surface area contributed by atoms with E-state index in [4.69, 9.17) is 9.47 Å². The predicted molar refractivity (Wildman–Crippen MR) is 125 cm³/mol. The van der Waals surface area contributed by atoms with Gasteiger partial charge < -0.3 is 14.6 Å². The molecule has 1 aromatic carbocycles. The number of carbonyl (C=O) groups is 3. The number of hydrogen-bond acceptors (Lipinski definition) is 5. The van der Waals surface area contributed by atoms with Gasteiger partial charge in [-0.3, -0.25) is 9.59 Å². The molecule has 6 nitrogen and oxygen atoms in total. The first-order chi connectivity index (χ1) is 15.1. The topological polar surface area (TPSA) is 89.9 Å². The Bertz CT molecular complexity index is 888. The maximum Gasteiger partial charge on any atom is 0.339 e. The lowest BCUT2D eigenvalue weighted by Gasteiger charge is -2.19. The van der Waals surface area contributed by atoms with E-state index >= 15 is 0 Å². The first-order valence-electron chi connectivity index (χ1n) is 11.1. The van der Waals surface area contributed by atoms with Crippen LogP contribution in [0.4, 0.5) is 0 Å². The summed E-state index contributed by atoms with van der Waals surface area (Å²) in [5.41, 5.74) is 3.18. The summed E-state index contributed by atoms with van der Waals surface area (Å²) in [4.78, 5) is 35.8. The molecule has 1 rings (SSSR count). The van der Waals surface area contributed by atoms with Crippen molar-refractivity contribution < 1.29 is 29.0 Å². The Morgan fingerprint density at radius 1 is 0.969 bits per heavy atom. The summed E-state index contributed by atoms with van der Waals surface area (Å²) in [6.07, 6.45) is 9.30. The van der Waals surface area contributed by atoms with Gasteiger partial charge in [0.15, 0.2) is 5.75 Å². The molecule has 0 aliphatic carbocycles. The number of ether oxygens (including phenoxy) is 2. The number of allylic oxidation sites excluding steroid dienone is 4. The van der Waals surface area contributed by atoms with Gasteiger partial charge in [0.1, 0.15) is 11.3 Å². The van der Waals surface area contributed by atoms with Crippen LogP contribution in [0.25, 0.3) is 0 Å². The van der Waals surface area contributed by atoms with Crippen LogP contribution in [0.5, 0.6) is 11.5 Å². The molecular formula is C26H36O6. The van der Waals surface area contributed by atoms with Crippen LogP contribution in [-0.4, -0.2) is 23.0 Å². The van der Waals surface area contributed by atoms with Gasteiger partial charge in [0.2, 0.25) is 0 Å². The number of carboxylic acid groups (broad SMARTS) is 1. The first kappa shape index (κ1) is 27.1. The molecule has 0 unspecified atom stereocenters. The third-order valence-corrected chi connectivity index (χ3v) is 4.93. The summed E-state index contributed by atoms with van der Waals surface area (Å²) in [5.74, 6) is -2.13. The maximum absolute atomic E-state index is 12.2. The minimum Gasteiger partial charge on any atom is -0.478 e. The Hall–Kier alpha value is -2.89. The largest absolute Gasteiger partial charge is 0.478 e. The molecule has 1 N–H and O–H groups in total. The number of unbranched alkanes of at least 4 members (excludes halogenated alkanes) is 2. The average Bonchev–Trinajstić information content (AvgIpc) is 2.66. The number of benzene rings is 1. The van der Waals surface area contributed by atoms with Gasteiger partial charge in [-0.2, -0.15) is 0 Å². The summed E-state index contributed by atoms with van der Waals surface area (Å²) in [6.45, 7) is 10.7. The predicted octanol–water partition coefficient (Wildman–Crippen LogP) is 6.20. The lowest BCUT2D eigenvalue weighted by Crippen LogP contribution is -2.15. The van der Waals surface area contributed by atoms with Crippen molar-refractivity contribution in [2.75, 3.05) is 0 Å². The molecule has 0 radical (unpaired) electrons. The van der Waals surface area contributed by atoms with Crippen molar-refractivity contribution >= 4 is 17.9 Å². The Morgan fingerprint density at radius 2 is 1.62 bits per heavy atom. The van der Waals surface area contributed by atoms with Crippen LogP contribution in [0.1, 0.15) is 95.1 Å². The van der Waals surface area contributed by atoms with Crippen LogP contribution in [0, 0.1) is 0 Å². The molecule has 176 valence electrons. The molecule has 0 atom stereocenters. The van der Waals surface area contributed by atoms with E-state index in [-0.39, 0.29) is 23.5 Å². The highest BCUT2D eigenvalue weighted by molar-refractivity contribution is 5.95. The second-order valence-corrected chi connectivity index (χ2v) is 8.24. The van der Waals surface area contributed by atoms with Gasteiger partial charge in [0.25, 0.3) is 0 Å². The van der Waals surface area contributed by atoms with E-state index < -0.39 is 17.9 Å². The van der Waals surface area contributed by atoms with Crippen molar-refractivity contribution in [1.82, 2.24) is 0 Å². The molecule has 0 spiro atoms. The molecule has 0 saturated heterocycles. The molecule has 0 bridgehead atoms. The zero-order valence-corrected chi connectivity index (χ0v) is 20.2. The number of carboxylic acids is 1. The molecule has 0 aromatic heterocycles. The van der Waals surface area contributed by atoms with E-state index in [0.717, 1.165) is 37.7 Å². The maximum atomic E-state index is 12.2. The number of aromatic carboxylic acids is 1. The van der Waals surface area contributed by atoms with Crippen LogP contribution in [-0.2, 0) is 22.4 Å². The molecule has 0 aliphatic rings. The monoisotopic (exact) mass is 444 g/mol. The molecule has 32 heavy (non-hydrogen) atoms. The van der Waals surface area contributed by atoms with Gasteiger partial charge in [-0.25, -0.2) is 4.79 Å². The Labute approximate surface area is 191 Å². The minimum atomic E-state index is -1.17. The van der Waals surface area contributed by atoms with Crippen molar-refractivity contribution in [3.63, 3.8) is 0 Å². The van der Waals surface area contributed by atoms with E-state index in [1.54, 1.807) is 6.07 Å². The summed E-state index contributed by atoms with van der Waals surface area (Å²) in [7, 11) is 0. The fourth-order valence-corrected chi connectivity index (χ4v) is 3.39. The van der Waals surface area contributed by atoms with Crippen molar-refractivity contribution in [2.24, 2.45) is 0 Å². The first-order valence-corrected chi connectivity index (χ1v) is 11.1. The standard InChI is InChI=1S/C26H36O6/c1-7-8-9-13-21-16-23(31-19(5)27)22(15-14-18(4)12-10-11-17(2)3)25(32-20(6)28)24(21)26(29)30/h11,14,16H,7-10,12-13,15H2,1-6H3,(H,29,30)/b18-14+. The normalized spacial score (nSPS) is 11.1. The number of hydrogen-bond donors (Lipinski definition) is 1. The second kappa shape index (κ2) is 13.5. The highest BCUT2D eigenvalue weighted by Gasteiger charge is 2.26. The van der Waals surface area contributed by atoms with Crippen molar-refractivity contribution in [3.05, 3.63) is 46.1 Å². The number of esters is 2.